The van der Waals surface area contributed by atoms with Gasteiger partial charge in [0.15, 0.2) is 0 Å². The number of carboxylic acids is 1. The third-order valence-electron chi connectivity index (χ3n) is 5.17. The summed E-state index contributed by atoms with van der Waals surface area (Å²) in [5.41, 5.74) is 2.79. The number of rotatable bonds is 7. The van der Waals surface area contributed by atoms with Gasteiger partial charge in [-0.15, -0.1) is 0 Å². The van der Waals surface area contributed by atoms with Gasteiger partial charge in [-0.3, -0.25) is 4.79 Å². The summed E-state index contributed by atoms with van der Waals surface area (Å²) < 4.78 is 59.6. The van der Waals surface area contributed by atoms with Crippen molar-refractivity contribution in [3.63, 3.8) is 0 Å². The average molecular weight is 496 g/mol. The number of carboxylic acid groups (broad SMARTS) is 1. The largest absolute Gasteiger partial charge is 0.490 e. The lowest BCUT2D eigenvalue weighted by Gasteiger charge is -2.29. The molecule has 1 aromatic carbocycles. The number of carbonyl (C=O) groups excluding carboxylic acids is 1. The molecule has 1 saturated heterocycles. The number of aryl methyl sites for hydroxylation is 3. The highest BCUT2D eigenvalue weighted by atomic mass is 32.2. The van der Waals surface area contributed by atoms with Gasteiger partial charge in [-0.2, -0.15) is 17.5 Å². The van der Waals surface area contributed by atoms with Crippen LogP contribution in [0.25, 0.3) is 0 Å². The van der Waals surface area contributed by atoms with Gasteiger partial charge in [0.05, 0.1) is 4.90 Å². The Balaban J connectivity index is 0.000000675. The van der Waals surface area contributed by atoms with E-state index < -0.39 is 22.2 Å². The van der Waals surface area contributed by atoms with Gasteiger partial charge < -0.3 is 15.3 Å². The summed E-state index contributed by atoms with van der Waals surface area (Å²) in [6.07, 6.45) is -4.14. The first-order chi connectivity index (χ1) is 15.2. The fourth-order valence-electron chi connectivity index (χ4n) is 3.25. The number of piperazine rings is 1. The maximum absolute atomic E-state index is 13.2. The van der Waals surface area contributed by atoms with Crippen LogP contribution in [0.5, 0.6) is 0 Å². The van der Waals surface area contributed by atoms with E-state index in [4.69, 9.17) is 9.90 Å². The summed E-state index contributed by atoms with van der Waals surface area (Å²) >= 11 is 0. The fraction of sp³-hybridized carbons (Fsp3) is 0.619. The van der Waals surface area contributed by atoms with E-state index in [2.05, 4.69) is 5.32 Å². The Hall–Kier alpha value is -2.18. The molecular formula is C21H32F3N3O5S. The summed E-state index contributed by atoms with van der Waals surface area (Å²) in [6.45, 7) is 11.3. The maximum Gasteiger partial charge on any atom is 0.490 e. The Morgan fingerprint density at radius 2 is 1.58 bits per heavy atom. The number of hydrogen-bond donors (Lipinski definition) is 2. The van der Waals surface area contributed by atoms with Gasteiger partial charge >= 0.3 is 12.1 Å². The van der Waals surface area contributed by atoms with Crippen molar-refractivity contribution in [2.24, 2.45) is 0 Å². The van der Waals surface area contributed by atoms with Crippen molar-refractivity contribution in [1.29, 1.82) is 0 Å². The van der Waals surface area contributed by atoms with E-state index >= 15 is 0 Å². The zero-order valence-corrected chi connectivity index (χ0v) is 20.1. The van der Waals surface area contributed by atoms with Crippen LogP contribution in [0.1, 0.15) is 36.5 Å². The van der Waals surface area contributed by atoms with E-state index in [0.29, 0.717) is 31.0 Å². The Labute approximate surface area is 192 Å². The number of nitrogens with zero attached hydrogens (tertiary/aromatic N) is 2. The molecule has 0 aliphatic carbocycles. The highest BCUT2D eigenvalue weighted by Gasteiger charge is 2.38. The molecule has 1 amide bonds. The highest BCUT2D eigenvalue weighted by molar-refractivity contribution is 7.89. The number of benzene rings is 1. The third-order valence-corrected chi connectivity index (χ3v) is 7.21. The average Bonchev–Trinajstić information content (AvgIpc) is 2.73. The Bertz CT molecular complexity index is 930. The van der Waals surface area contributed by atoms with E-state index in [9.17, 15) is 26.4 Å². The topological polar surface area (TPSA) is 107 Å². The fourth-order valence-corrected chi connectivity index (χ4v) is 5.07. The van der Waals surface area contributed by atoms with Crippen LogP contribution >= 0.6 is 0 Å². The molecule has 2 N–H and O–H groups in total. The van der Waals surface area contributed by atoms with Crippen molar-refractivity contribution in [2.45, 2.75) is 51.6 Å². The van der Waals surface area contributed by atoms with Crippen LogP contribution in [0, 0.1) is 20.8 Å². The second-order valence-electron chi connectivity index (χ2n) is 7.79. The minimum atomic E-state index is -5.08. The number of amides is 1. The zero-order chi connectivity index (χ0) is 25.4. The van der Waals surface area contributed by atoms with Crippen LogP contribution in [-0.4, -0.2) is 80.1 Å². The number of nitrogens with one attached hydrogen (secondary N) is 1. The van der Waals surface area contributed by atoms with Crippen molar-refractivity contribution in [3.8, 4) is 0 Å². The van der Waals surface area contributed by atoms with Crippen molar-refractivity contribution in [3.05, 3.63) is 28.8 Å². The molecule has 0 unspecified atom stereocenters. The van der Waals surface area contributed by atoms with Crippen LogP contribution in [0.3, 0.4) is 0 Å². The Morgan fingerprint density at radius 1 is 1.06 bits per heavy atom. The van der Waals surface area contributed by atoms with Gasteiger partial charge in [-0.05, 0) is 49.9 Å². The molecule has 0 bridgehead atoms. The first-order valence-electron chi connectivity index (χ1n) is 10.6. The molecule has 188 valence electrons. The van der Waals surface area contributed by atoms with Crippen molar-refractivity contribution in [1.82, 2.24) is 14.5 Å². The minimum Gasteiger partial charge on any atom is -0.475 e. The minimum absolute atomic E-state index is 0.0274. The van der Waals surface area contributed by atoms with Crippen molar-refractivity contribution in [2.75, 3.05) is 39.3 Å². The van der Waals surface area contributed by atoms with E-state index in [1.54, 1.807) is 6.07 Å². The second kappa shape index (κ2) is 12.3. The van der Waals surface area contributed by atoms with E-state index in [1.807, 2.05) is 38.7 Å². The first kappa shape index (κ1) is 28.9. The number of alkyl halides is 3. The van der Waals surface area contributed by atoms with Gasteiger partial charge in [0.2, 0.25) is 15.9 Å². The Kier molecular flexibility index (Phi) is 10.8. The van der Waals surface area contributed by atoms with Crippen LogP contribution in [0.4, 0.5) is 13.2 Å². The second-order valence-corrected chi connectivity index (χ2v) is 9.70. The van der Waals surface area contributed by atoms with Gasteiger partial charge in [-0.25, -0.2) is 13.2 Å². The van der Waals surface area contributed by atoms with Crippen LogP contribution in [0.15, 0.2) is 17.0 Å². The molecule has 1 heterocycles. The zero-order valence-electron chi connectivity index (χ0n) is 19.3. The molecule has 1 aliphatic heterocycles. The lowest BCUT2D eigenvalue weighted by molar-refractivity contribution is -0.192. The summed E-state index contributed by atoms with van der Waals surface area (Å²) in [7, 11) is -3.61. The molecule has 1 aliphatic rings. The number of sulfonamides is 1. The number of carbonyl (C=O) groups is 2. The third kappa shape index (κ3) is 8.59. The van der Waals surface area contributed by atoms with Gasteiger partial charge in [-0.1, -0.05) is 13.0 Å². The normalized spacial score (nSPS) is 14.6. The molecule has 1 aromatic rings. The molecule has 0 atom stereocenters. The van der Waals surface area contributed by atoms with E-state index in [1.165, 1.54) is 4.31 Å². The van der Waals surface area contributed by atoms with Crippen molar-refractivity contribution < 1.29 is 36.3 Å². The summed E-state index contributed by atoms with van der Waals surface area (Å²) in [4.78, 5) is 23.5. The smallest absolute Gasteiger partial charge is 0.475 e. The van der Waals surface area contributed by atoms with E-state index in [0.717, 1.165) is 29.8 Å². The quantitative estimate of drug-likeness (QED) is 0.602. The number of halogens is 3. The molecule has 33 heavy (non-hydrogen) atoms. The predicted octanol–water partition coefficient (Wildman–Crippen LogP) is 2.47. The standard InChI is InChI=1S/C19H31N3O3S.C2HF3O2/c1-5-9-22(10-6-19(23)21-11-7-20-8-12-21)26(24,25)18-14-16(3)15(2)13-17(18)4;3-2(4,5)1(6)7/h13-14,20H,5-12H2,1-4H3;(H,6,7). The lowest BCUT2D eigenvalue weighted by Crippen LogP contribution is -2.47. The summed E-state index contributed by atoms with van der Waals surface area (Å²) in [5.74, 6) is -2.73. The van der Waals surface area contributed by atoms with Gasteiger partial charge in [0.1, 0.15) is 0 Å². The van der Waals surface area contributed by atoms with Crippen LogP contribution < -0.4 is 5.32 Å². The van der Waals surface area contributed by atoms with Crippen LogP contribution in [0.2, 0.25) is 0 Å². The molecule has 12 heteroatoms. The lowest BCUT2D eigenvalue weighted by atomic mass is 10.1. The molecule has 1 fully saturated rings. The van der Waals surface area contributed by atoms with Crippen molar-refractivity contribution >= 4 is 21.9 Å². The molecule has 0 radical (unpaired) electrons. The monoisotopic (exact) mass is 495 g/mol. The molecule has 0 spiro atoms. The molecule has 8 nitrogen and oxygen atoms in total. The highest BCUT2D eigenvalue weighted by Crippen LogP contribution is 2.24. The number of hydrogen-bond acceptors (Lipinski definition) is 5. The summed E-state index contributed by atoms with van der Waals surface area (Å²) in [5, 5.41) is 10.3. The summed E-state index contributed by atoms with van der Waals surface area (Å²) in [6, 6.07) is 3.67. The molecule has 0 aromatic heterocycles. The van der Waals surface area contributed by atoms with Gasteiger partial charge in [0, 0.05) is 45.7 Å². The molecular weight excluding hydrogens is 463 g/mol. The van der Waals surface area contributed by atoms with Crippen LogP contribution in [-0.2, 0) is 19.6 Å². The Morgan fingerprint density at radius 3 is 2.06 bits per heavy atom. The molecule has 2 rings (SSSR count). The van der Waals surface area contributed by atoms with Gasteiger partial charge in [0.25, 0.3) is 0 Å². The first-order valence-corrected chi connectivity index (χ1v) is 12.0. The SMILES string of the molecule is CCCN(CCC(=O)N1CCNCC1)S(=O)(=O)c1cc(C)c(C)cc1C.O=C(O)C(F)(F)F. The maximum atomic E-state index is 13.2. The number of aliphatic carboxylic acids is 1. The molecule has 0 saturated carbocycles. The predicted molar refractivity (Wildman–Crippen MR) is 117 cm³/mol. The van der Waals surface area contributed by atoms with E-state index in [-0.39, 0.29) is 18.9 Å².